The van der Waals surface area contributed by atoms with Crippen molar-refractivity contribution in [2.45, 2.75) is 46.7 Å². The van der Waals surface area contributed by atoms with Gasteiger partial charge in [0.05, 0.1) is 5.52 Å². The first kappa shape index (κ1) is 17.0. The highest BCUT2D eigenvalue weighted by Crippen LogP contribution is 2.21. The van der Waals surface area contributed by atoms with Gasteiger partial charge in [-0.1, -0.05) is 26.0 Å². The van der Waals surface area contributed by atoms with Gasteiger partial charge in [-0.15, -0.1) is 0 Å². The van der Waals surface area contributed by atoms with Crippen molar-refractivity contribution < 1.29 is 4.79 Å². The molecule has 0 fully saturated rings. The van der Waals surface area contributed by atoms with Crippen LogP contribution in [0.5, 0.6) is 0 Å². The number of hydrogen-bond donors (Lipinski definition) is 2. The summed E-state index contributed by atoms with van der Waals surface area (Å²) in [5, 5.41) is 6.42. The summed E-state index contributed by atoms with van der Waals surface area (Å²) in [6.07, 6.45) is 0. The first-order valence-corrected chi connectivity index (χ1v) is 7.76. The van der Waals surface area contributed by atoms with Gasteiger partial charge in [0.15, 0.2) is 0 Å². The summed E-state index contributed by atoms with van der Waals surface area (Å²) in [6.45, 7) is 10.2. The third-order valence-electron chi connectivity index (χ3n) is 3.14. The number of nitrogens with zero attached hydrogens (tertiary/aromatic N) is 2. The Bertz CT molecular complexity index is 772. The normalized spacial score (nSPS) is 11.7. The molecule has 2 N–H and O–H groups in total. The Hall–Kier alpha value is -2.37. The fraction of sp³-hybridized carbons (Fsp3) is 0.471. The first-order valence-electron chi connectivity index (χ1n) is 7.76. The number of anilines is 1. The number of carbonyl (C=O) groups excluding carboxylic acids is 1. The van der Waals surface area contributed by atoms with Crippen molar-refractivity contribution in [3.05, 3.63) is 34.7 Å². The standard InChI is InChI=1S/C17H24N4O2/c1-11(2)10-21-14(19-15(22)20-17(3,4)5)12-8-6-7-9-13(12)18-16(21)23/h6-9,11H,10H2,1-5H3,(H2,19,20,22). The molecule has 124 valence electrons. The Labute approximate surface area is 135 Å². The molecule has 6 nitrogen and oxygen atoms in total. The number of aromatic nitrogens is 2. The number of rotatable bonds is 3. The zero-order valence-electron chi connectivity index (χ0n) is 14.3. The summed E-state index contributed by atoms with van der Waals surface area (Å²) in [7, 11) is 0. The number of fused-ring (bicyclic) bond motifs is 1. The van der Waals surface area contributed by atoms with Crippen molar-refractivity contribution in [1.82, 2.24) is 14.9 Å². The van der Waals surface area contributed by atoms with Crippen LogP contribution in [0.2, 0.25) is 0 Å². The van der Waals surface area contributed by atoms with Crippen LogP contribution in [0.4, 0.5) is 10.6 Å². The van der Waals surface area contributed by atoms with Gasteiger partial charge in [-0.3, -0.25) is 9.88 Å². The first-order chi connectivity index (χ1) is 10.7. The maximum Gasteiger partial charge on any atom is 0.349 e. The molecule has 2 amide bonds. The average Bonchev–Trinajstić information content (AvgIpc) is 2.40. The van der Waals surface area contributed by atoms with E-state index in [2.05, 4.69) is 15.6 Å². The second kappa shape index (κ2) is 6.40. The molecule has 0 unspecified atom stereocenters. The van der Waals surface area contributed by atoms with E-state index in [9.17, 15) is 9.59 Å². The van der Waals surface area contributed by atoms with Crippen LogP contribution in [-0.4, -0.2) is 21.1 Å². The minimum absolute atomic E-state index is 0.252. The van der Waals surface area contributed by atoms with Gasteiger partial charge < -0.3 is 5.32 Å². The second-order valence-electron chi connectivity index (χ2n) is 7.09. The monoisotopic (exact) mass is 316 g/mol. The molecule has 23 heavy (non-hydrogen) atoms. The van der Waals surface area contributed by atoms with Crippen LogP contribution >= 0.6 is 0 Å². The molecule has 0 aliphatic heterocycles. The molecule has 1 aromatic heterocycles. The van der Waals surface area contributed by atoms with Gasteiger partial charge in [0.1, 0.15) is 5.82 Å². The Kier molecular flexibility index (Phi) is 4.73. The number of benzene rings is 1. The molecule has 0 radical (unpaired) electrons. The number of urea groups is 1. The Morgan fingerprint density at radius 3 is 2.52 bits per heavy atom. The van der Waals surface area contributed by atoms with Crippen LogP contribution in [0.25, 0.3) is 10.9 Å². The van der Waals surface area contributed by atoms with Gasteiger partial charge in [-0.25, -0.2) is 9.59 Å². The quantitative estimate of drug-likeness (QED) is 0.914. The Balaban J connectivity index is 2.53. The van der Waals surface area contributed by atoms with Crippen molar-refractivity contribution in [3.8, 4) is 0 Å². The highest BCUT2D eigenvalue weighted by Gasteiger charge is 2.18. The van der Waals surface area contributed by atoms with E-state index < -0.39 is 0 Å². The molecule has 0 aliphatic rings. The van der Waals surface area contributed by atoms with Crippen LogP contribution in [0.15, 0.2) is 29.1 Å². The molecule has 0 saturated heterocycles. The van der Waals surface area contributed by atoms with Gasteiger partial charge in [0.2, 0.25) is 0 Å². The summed E-state index contributed by atoms with van der Waals surface area (Å²) < 4.78 is 1.52. The summed E-state index contributed by atoms with van der Waals surface area (Å²) in [5.74, 6) is 0.734. The molecular formula is C17H24N4O2. The largest absolute Gasteiger partial charge is 0.349 e. The fourth-order valence-electron chi connectivity index (χ4n) is 2.32. The van der Waals surface area contributed by atoms with Crippen molar-refractivity contribution >= 4 is 22.8 Å². The predicted octanol–water partition coefficient (Wildman–Crippen LogP) is 2.97. The second-order valence-corrected chi connectivity index (χ2v) is 7.09. The van der Waals surface area contributed by atoms with Gasteiger partial charge in [0, 0.05) is 17.5 Å². The third kappa shape index (κ3) is 4.31. The topological polar surface area (TPSA) is 76.0 Å². The third-order valence-corrected chi connectivity index (χ3v) is 3.14. The minimum atomic E-state index is -0.365. The zero-order valence-corrected chi connectivity index (χ0v) is 14.3. The van der Waals surface area contributed by atoms with Crippen LogP contribution in [0, 0.1) is 5.92 Å². The van der Waals surface area contributed by atoms with E-state index in [1.54, 1.807) is 6.07 Å². The lowest BCUT2D eigenvalue weighted by Crippen LogP contribution is -2.44. The highest BCUT2D eigenvalue weighted by atomic mass is 16.2. The van der Waals surface area contributed by atoms with Crippen molar-refractivity contribution in [2.75, 3.05) is 5.32 Å². The van der Waals surface area contributed by atoms with Crippen molar-refractivity contribution in [3.63, 3.8) is 0 Å². The zero-order chi connectivity index (χ0) is 17.2. The van der Waals surface area contributed by atoms with Gasteiger partial charge in [-0.05, 0) is 38.8 Å². The van der Waals surface area contributed by atoms with Gasteiger partial charge in [-0.2, -0.15) is 4.98 Å². The highest BCUT2D eigenvalue weighted by molar-refractivity contribution is 5.98. The van der Waals surface area contributed by atoms with Crippen LogP contribution in [0.1, 0.15) is 34.6 Å². The molecule has 6 heteroatoms. The summed E-state index contributed by atoms with van der Waals surface area (Å²) in [4.78, 5) is 28.7. The lowest BCUT2D eigenvalue weighted by atomic mass is 10.1. The average molecular weight is 316 g/mol. The Morgan fingerprint density at radius 2 is 1.91 bits per heavy atom. The van der Waals surface area contributed by atoms with E-state index in [0.717, 1.165) is 5.39 Å². The fourth-order valence-corrected chi connectivity index (χ4v) is 2.32. The smallest absolute Gasteiger partial charge is 0.333 e. The molecular weight excluding hydrogens is 292 g/mol. The maximum absolute atomic E-state index is 12.3. The van der Waals surface area contributed by atoms with E-state index in [-0.39, 0.29) is 23.2 Å². The van der Waals surface area contributed by atoms with Crippen molar-refractivity contribution in [2.24, 2.45) is 5.92 Å². The molecule has 0 spiro atoms. The SMILES string of the molecule is CC(C)Cn1c(NC(=O)NC(C)(C)C)c2ccccc2nc1=O. The number of hydrogen-bond acceptors (Lipinski definition) is 3. The predicted molar refractivity (Wildman–Crippen MR) is 92.7 cm³/mol. The van der Waals surface area contributed by atoms with Gasteiger partial charge in [0.25, 0.3) is 0 Å². The lowest BCUT2D eigenvalue weighted by molar-refractivity contribution is 0.243. The molecule has 1 heterocycles. The van der Waals surface area contributed by atoms with Crippen LogP contribution < -0.4 is 16.3 Å². The van der Waals surface area contributed by atoms with E-state index in [0.29, 0.717) is 17.9 Å². The Morgan fingerprint density at radius 1 is 1.26 bits per heavy atom. The van der Waals surface area contributed by atoms with E-state index >= 15 is 0 Å². The lowest BCUT2D eigenvalue weighted by Gasteiger charge is -2.22. The molecule has 0 atom stereocenters. The summed E-state index contributed by atoms with van der Waals surface area (Å²) >= 11 is 0. The molecule has 0 aliphatic carbocycles. The van der Waals surface area contributed by atoms with Crippen molar-refractivity contribution in [1.29, 1.82) is 0 Å². The maximum atomic E-state index is 12.3. The minimum Gasteiger partial charge on any atom is -0.333 e. The number of nitrogens with one attached hydrogen (secondary N) is 2. The van der Waals surface area contributed by atoms with E-state index in [1.807, 2.05) is 52.8 Å². The molecule has 2 aromatic rings. The summed E-state index contributed by atoms with van der Waals surface area (Å²) in [6, 6.07) is 6.96. The molecule has 0 saturated carbocycles. The summed E-state index contributed by atoms with van der Waals surface area (Å²) in [5.41, 5.74) is -0.150. The van der Waals surface area contributed by atoms with E-state index in [1.165, 1.54) is 4.57 Å². The number of para-hydroxylation sites is 1. The van der Waals surface area contributed by atoms with Crippen LogP contribution in [0.3, 0.4) is 0 Å². The van der Waals surface area contributed by atoms with Crippen LogP contribution in [-0.2, 0) is 6.54 Å². The number of amides is 2. The molecule has 0 bridgehead atoms. The number of carbonyl (C=O) groups is 1. The van der Waals surface area contributed by atoms with Gasteiger partial charge >= 0.3 is 11.7 Å². The molecule has 1 aromatic carbocycles. The molecule has 2 rings (SSSR count). The van der Waals surface area contributed by atoms with E-state index in [4.69, 9.17) is 0 Å².